The quantitative estimate of drug-likeness (QED) is 0.756. The van der Waals surface area contributed by atoms with Crippen LogP contribution in [-0.4, -0.2) is 57.6 Å². The van der Waals surface area contributed by atoms with Crippen LogP contribution in [0.2, 0.25) is 0 Å². The molecule has 3 rings (SSSR count). The van der Waals surface area contributed by atoms with Gasteiger partial charge in [-0.2, -0.15) is 9.50 Å². The Kier molecular flexibility index (Phi) is 3.41. The summed E-state index contributed by atoms with van der Waals surface area (Å²) in [5, 5.41) is 12.0. The van der Waals surface area contributed by atoms with Crippen LogP contribution in [-0.2, 0) is 11.2 Å². The standard InChI is InChI=1S/C12H17N5O3/c1-8-9(2-5-18)10(19)17-11(13-8)14-12(15-17)16-3-6-20-7-4-16/h18H,2-7H2,1H3,(H,13,14,15). The van der Waals surface area contributed by atoms with Crippen molar-refractivity contribution >= 4 is 11.7 Å². The third kappa shape index (κ3) is 2.16. The number of aromatic nitrogens is 4. The molecule has 2 aromatic heterocycles. The van der Waals surface area contributed by atoms with Crippen LogP contribution in [0, 0.1) is 6.92 Å². The van der Waals surface area contributed by atoms with Gasteiger partial charge in [-0.1, -0.05) is 0 Å². The average Bonchev–Trinajstić information content (AvgIpc) is 2.88. The van der Waals surface area contributed by atoms with Gasteiger partial charge in [0, 0.05) is 31.7 Å². The van der Waals surface area contributed by atoms with Gasteiger partial charge in [-0.15, -0.1) is 0 Å². The third-order valence-electron chi connectivity index (χ3n) is 3.46. The lowest BCUT2D eigenvalue weighted by atomic mass is 10.2. The molecule has 0 bridgehead atoms. The second kappa shape index (κ2) is 5.22. The molecule has 8 heteroatoms. The summed E-state index contributed by atoms with van der Waals surface area (Å²) in [6.45, 7) is 4.44. The molecule has 0 saturated carbocycles. The predicted molar refractivity (Wildman–Crippen MR) is 72.2 cm³/mol. The number of H-pyrrole nitrogens is 1. The monoisotopic (exact) mass is 279 g/mol. The zero-order chi connectivity index (χ0) is 14.1. The molecule has 2 N–H and O–H groups in total. The Morgan fingerprint density at radius 1 is 1.35 bits per heavy atom. The summed E-state index contributed by atoms with van der Waals surface area (Å²) in [4.78, 5) is 23.0. The fourth-order valence-electron chi connectivity index (χ4n) is 2.36. The van der Waals surface area contributed by atoms with E-state index in [1.807, 2.05) is 4.90 Å². The number of hydrogen-bond donors (Lipinski definition) is 2. The third-order valence-corrected chi connectivity index (χ3v) is 3.46. The minimum Gasteiger partial charge on any atom is -0.396 e. The number of hydrogen-bond acceptors (Lipinski definition) is 6. The molecule has 0 amide bonds. The molecule has 20 heavy (non-hydrogen) atoms. The Hall–Kier alpha value is -1.93. The maximum Gasteiger partial charge on any atom is 0.277 e. The van der Waals surface area contributed by atoms with Crippen molar-refractivity contribution in [3.63, 3.8) is 0 Å². The molecule has 0 aliphatic carbocycles. The maximum absolute atomic E-state index is 12.3. The normalized spacial score (nSPS) is 16.0. The number of ether oxygens (including phenoxy) is 1. The van der Waals surface area contributed by atoms with Crippen molar-refractivity contribution in [2.45, 2.75) is 13.3 Å². The summed E-state index contributed by atoms with van der Waals surface area (Å²) < 4.78 is 6.63. The molecule has 0 spiro atoms. The van der Waals surface area contributed by atoms with E-state index in [-0.39, 0.29) is 12.2 Å². The van der Waals surface area contributed by atoms with Crippen molar-refractivity contribution in [3.8, 4) is 0 Å². The molecule has 3 heterocycles. The predicted octanol–water partition coefficient (Wildman–Crippen LogP) is -0.903. The summed E-state index contributed by atoms with van der Waals surface area (Å²) in [5.74, 6) is 0.981. The molecular weight excluding hydrogens is 262 g/mol. The number of nitrogens with zero attached hydrogens (tertiary/aromatic N) is 4. The number of fused-ring (bicyclic) bond motifs is 1. The second-order valence-electron chi connectivity index (χ2n) is 4.74. The van der Waals surface area contributed by atoms with E-state index in [0.29, 0.717) is 42.6 Å². The molecule has 1 fully saturated rings. The number of aliphatic hydroxyl groups excluding tert-OH is 1. The average molecular weight is 279 g/mol. The fourth-order valence-corrected chi connectivity index (χ4v) is 2.36. The summed E-state index contributed by atoms with van der Waals surface area (Å²) in [6.07, 6.45) is 0.298. The Balaban J connectivity index is 2.06. The Labute approximate surface area is 115 Å². The van der Waals surface area contributed by atoms with E-state index < -0.39 is 0 Å². The van der Waals surface area contributed by atoms with Crippen molar-refractivity contribution in [2.24, 2.45) is 0 Å². The van der Waals surface area contributed by atoms with Gasteiger partial charge in [0.1, 0.15) is 0 Å². The first-order chi connectivity index (χ1) is 9.70. The smallest absolute Gasteiger partial charge is 0.277 e. The first-order valence-electron chi connectivity index (χ1n) is 6.62. The zero-order valence-electron chi connectivity index (χ0n) is 11.3. The van der Waals surface area contributed by atoms with Crippen LogP contribution < -0.4 is 10.5 Å². The summed E-state index contributed by atoms with van der Waals surface area (Å²) in [6, 6.07) is 0. The lowest BCUT2D eigenvalue weighted by Gasteiger charge is -2.25. The molecule has 2 aromatic rings. The van der Waals surface area contributed by atoms with Crippen LogP contribution in [0.4, 0.5) is 5.95 Å². The molecule has 0 unspecified atom stereocenters. The van der Waals surface area contributed by atoms with Crippen LogP contribution in [0.25, 0.3) is 5.78 Å². The molecule has 1 aliphatic rings. The highest BCUT2D eigenvalue weighted by atomic mass is 16.5. The maximum atomic E-state index is 12.3. The van der Waals surface area contributed by atoms with Gasteiger partial charge < -0.3 is 14.7 Å². The van der Waals surface area contributed by atoms with E-state index >= 15 is 0 Å². The number of aliphatic hydroxyl groups is 1. The molecular formula is C12H17N5O3. The highest BCUT2D eigenvalue weighted by Gasteiger charge is 2.18. The Bertz CT molecular complexity index is 672. The number of aromatic amines is 1. The SMILES string of the molecule is Cc1nc2nc(N3CCOCC3)[nH]n2c(=O)c1CCO. The zero-order valence-corrected chi connectivity index (χ0v) is 11.3. The van der Waals surface area contributed by atoms with Gasteiger partial charge in [-0.25, -0.2) is 4.98 Å². The largest absolute Gasteiger partial charge is 0.396 e. The van der Waals surface area contributed by atoms with Gasteiger partial charge in [0.25, 0.3) is 11.3 Å². The van der Waals surface area contributed by atoms with Gasteiger partial charge in [0.15, 0.2) is 0 Å². The first-order valence-corrected chi connectivity index (χ1v) is 6.62. The highest BCUT2D eigenvalue weighted by Crippen LogP contribution is 2.11. The van der Waals surface area contributed by atoms with Gasteiger partial charge in [0.2, 0.25) is 5.95 Å². The van der Waals surface area contributed by atoms with Crippen LogP contribution in [0.15, 0.2) is 4.79 Å². The summed E-state index contributed by atoms with van der Waals surface area (Å²) >= 11 is 0. The van der Waals surface area contributed by atoms with Crippen molar-refractivity contribution in [3.05, 3.63) is 21.6 Å². The van der Waals surface area contributed by atoms with Crippen LogP contribution in [0.5, 0.6) is 0 Å². The van der Waals surface area contributed by atoms with Gasteiger partial charge >= 0.3 is 0 Å². The fraction of sp³-hybridized carbons (Fsp3) is 0.583. The summed E-state index contributed by atoms with van der Waals surface area (Å²) in [5.41, 5.74) is 0.930. The first kappa shape index (κ1) is 13.1. The minimum atomic E-state index is -0.200. The van der Waals surface area contributed by atoms with Crippen LogP contribution >= 0.6 is 0 Å². The number of morpholine rings is 1. The van der Waals surface area contributed by atoms with Gasteiger partial charge in [-0.05, 0) is 6.92 Å². The molecule has 1 aliphatic heterocycles. The van der Waals surface area contributed by atoms with E-state index in [1.165, 1.54) is 4.52 Å². The van der Waals surface area contributed by atoms with Crippen molar-refractivity contribution in [2.75, 3.05) is 37.8 Å². The van der Waals surface area contributed by atoms with Crippen LogP contribution in [0.3, 0.4) is 0 Å². The van der Waals surface area contributed by atoms with E-state index in [1.54, 1.807) is 6.92 Å². The number of nitrogens with one attached hydrogen (secondary N) is 1. The highest BCUT2D eigenvalue weighted by molar-refractivity contribution is 5.41. The van der Waals surface area contributed by atoms with E-state index in [0.717, 1.165) is 13.1 Å². The van der Waals surface area contributed by atoms with Crippen LogP contribution in [0.1, 0.15) is 11.3 Å². The number of rotatable bonds is 3. The molecule has 0 atom stereocenters. The molecule has 1 saturated heterocycles. The van der Waals surface area contributed by atoms with Crippen molar-refractivity contribution in [1.29, 1.82) is 0 Å². The van der Waals surface area contributed by atoms with Crippen molar-refractivity contribution in [1.82, 2.24) is 19.6 Å². The number of aryl methyl sites for hydroxylation is 1. The molecule has 108 valence electrons. The van der Waals surface area contributed by atoms with E-state index in [4.69, 9.17) is 9.84 Å². The second-order valence-corrected chi connectivity index (χ2v) is 4.74. The summed E-state index contributed by atoms with van der Waals surface area (Å²) in [7, 11) is 0. The molecule has 0 radical (unpaired) electrons. The lowest BCUT2D eigenvalue weighted by molar-refractivity contribution is 0.122. The van der Waals surface area contributed by atoms with E-state index in [9.17, 15) is 4.79 Å². The molecule has 8 nitrogen and oxygen atoms in total. The van der Waals surface area contributed by atoms with Gasteiger partial charge in [-0.3, -0.25) is 9.89 Å². The van der Waals surface area contributed by atoms with E-state index in [2.05, 4.69) is 15.1 Å². The Morgan fingerprint density at radius 2 is 2.10 bits per heavy atom. The van der Waals surface area contributed by atoms with Gasteiger partial charge in [0.05, 0.1) is 18.9 Å². The lowest BCUT2D eigenvalue weighted by Crippen LogP contribution is -2.37. The molecule has 0 aromatic carbocycles. The van der Waals surface area contributed by atoms with Crippen molar-refractivity contribution < 1.29 is 9.84 Å². The minimum absolute atomic E-state index is 0.0751. The Morgan fingerprint density at radius 3 is 2.80 bits per heavy atom. The topological polar surface area (TPSA) is 95.8 Å². The number of anilines is 1.